The highest BCUT2D eigenvalue weighted by Gasteiger charge is 2.17. The molecule has 6 nitrogen and oxygen atoms in total. The van der Waals surface area contributed by atoms with Gasteiger partial charge in [-0.1, -0.05) is 121 Å². The molecule has 18 heteroatoms. The second-order valence-corrected chi connectivity index (χ2v) is 20.7. The van der Waals surface area contributed by atoms with E-state index in [-0.39, 0.29) is 11.4 Å². The van der Waals surface area contributed by atoms with Gasteiger partial charge >= 0.3 is 0 Å². The third kappa shape index (κ3) is 23.8. The van der Waals surface area contributed by atoms with Gasteiger partial charge in [0.1, 0.15) is 0 Å². The number of nitriles is 2. The first-order chi connectivity index (χ1) is 43.3. The number of hydrogen-bond donors (Lipinski definition) is 0. The minimum atomic E-state index is 0.0959. The lowest BCUT2D eigenvalue weighted by molar-refractivity contribution is 0.108. The van der Waals surface area contributed by atoms with Crippen LogP contribution in [0.15, 0.2) is 167 Å². The van der Waals surface area contributed by atoms with Gasteiger partial charge in [-0.2, -0.15) is 0 Å². The van der Waals surface area contributed by atoms with Gasteiger partial charge in [-0.3, -0.25) is 8.78 Å². The standard InChI is InChI=1S/C38H37N3S2.C31H31N3.2CH3F.4F2/c1-8-41(9-2)32-18-15-30(16-19-32)17-21-35-26(3)28(5)37(42-35)23-24-38-29(6)27(4)36(43-38)22-20-33(34(25-39)40-7)31-13-11-10-12-14-31;1-6-34(7-2)29-18-14-25(15-19-29)13-16-27-21-28(24(4)23(27)3)17-20-30(31(22-32)33-5)26-11-9-8-10-12-26;6*1-2/h10-24H,8-9H2,1-6H3;8-20H,6-7,21H2,1-4H3;2*1H3;;;;/b21-17?,22-20?,24-23?,34-33+;16-13?,20-17?,31-30+;;;;;;. The van der Waals surface area contributed by atoms with Crippen molar-refractivity contribution < 1.29 is 45.4 Å². The maximum Gasteiger partial charge on any atom is 0.269 e. The highest BCUT2D eigenvalue weighted by molar-refractivity contribution is 7.15. The van der Waals surface area contributed by atoms with Crippen molar-refractivity contribution in [1.29, 1.82) is 10.5 Å². The molecule has 2 heterocycles. The topological polar surface area (TPSA) is 62.8 Å². The van der Waals surface area contributed by atoms with Crippen molar-refractivity contribution in [3.63, 3.8) is 0 Å². The van der Waals surface area contributed by atoms with Crippen LogP contribution >= 0.6 is 22.7 Å². The van der Waals surface area contributed by atoms with Crippen LogP contribution in [0.3, 0.4) is 0 Å². The fourth-order valence-electron chi connectivity index (χ4n) is 9.02. The molecule has 0 bridgehead atoms. The summed E-state index contributed by atoms with van der Waals surface area (Å²) in [6.45, 7) is 40.6. The van der Waals surface area contributed by atoms with E-state index < -0.39 is 0 Å². The van der Waals surface area contributed by atoms with Crippen molar-refractivity contribution in [3.05, 3.63) is 254 Å². The van der Waals surface area contributed by atoms with Crippen LogP contribution in [-0.4, -0.2) is 40.5 Å². The molecule has 0 fully saturated rings. The third-order valence-electron chi connectivity index (χ3n) is 14.3. The zero-order valence-electron chi connectivity index (χ0n) is 52.0. The molecule has 0 radical (unpaired) electrons. The van der Waals surface area contributed by atoms with Crippen LogP contribution in [0, 0.1) is 63.5 Å². The average molecular weight is 1270 g/mol. The lowest BCUT2D eigenvalue weighted by atomic mass is 10.0. The Kier molecular flexibility index (Phi) is 41.3. The lowest BCUT2D eigenvalue weighted by Crippen LogP contribution is -2.21. The second kappa shape index (κ2) is 46.0. The minimum absolute atomic E-state index is 0.0959. The molecule has 1 aliphatic carbocycles. The number of benzene rings is 4. The molecule has 4 aromatic carbocycles. The quantitative estimate of drug-likeness (QED) is 0.0372. The third-order valence-corrected chi connectivity index (χ3v) is 16.9. The van der Waals surface area contributed by atoms with Gasteiger partial charge in [-0.15, -0.1) is 22.7 Å². The SMILES string of the molecule is CF.CF.FF.FF.FF.FF.[C-]#[N+]/C(C#N)=C(\C=CC1=C(C)C(C)=C(C=Cc2ccc(N(CC)CC)cc2)C1)c1ccccc1.[C-]#[N+]/C(C#N)=C(\C=Cc1sc(C=Cc2sc(C=Cc3ccc(N(CC)CC)cc3)c(C)c2C)c(C)c1C)c1ccccc1. The molecule has 0 amide bonds. The number of anilines is 2. The fourth-order valence-corrected chi connectivity index (χ4v) is 11.3. The van der Waals surface area contributed by atoms with E-state index in [0.29, 0.717) is 25.5 Å². The Hall–Kier alpha value is -9.20. The molecule has 7 rings (SSSR count). The van der Waals surface area contributed by atoms with E-state index in [0.717, 1.165) is 48.6 Å². The van der Waals surface area contributed by atoms with Crippen LogP contribution in [0.5, 0.6) is 0 Å². The first kappa shape index (κ1) is 79.8. The fraction of sp³-hybridized carbons (Fsp3) is 0.239. The molecular weight excluding hydrogens is 1190 g/mol. The van der Waals surface area contributed by atoms with Crippen molar-refractivity contribution in [1.82, 2.24) is 0 Å². The summed E-state index contributed by atoms with van der Waals surface area (Å²) in [4.78, 5) is 16.5. The van der Waals surface area contributed by atoms with Crippen LogP contribution in [-0.2, 0) is 0 Å². The summed E-state index contributed by atoms with van der Waals surface area (Å²) in [5, 5.41) is 19.0. The van der Waals surface area contributed by atoms with E-state index >= 15 is 0 Å². The highest BCUT2D eigenvalue weighted by atomic mass is 32.1. The van der Waals surface area contributed by atoms with Crippen LogP contribution in [0.1, 0.15) is 112 Å². The molecule has 6 aromatic rings. The second-order valence-electron chi connectivity index (χ2n) is 18.5. The molecule has 0 atom stereocenters. The van der Waals surface area contributed by atoms with Crippen molar-refractivity contribution in [2.45, 2.75) is 75.7 Å². The van der Waals surface area contributed by atoms with E-state index in [1.54, 1.807) is 11.3 Å². The molecule has 2 aromatic heterocycles. The summed E-state index contributed by atoms with van der Waals surface area (Å²) < 4.78 is 83.0. The number of halogens is 10. The maximum absolute atomic E-state index is 9.55. The van der Waals surface area contributed by atoms with Crippen molar-refractivity contribution in [3.8, 4) is 12.1 Å². The molecule has 470 valence electrons. The molecule has 0 aliphatic heterocycles. The lowest BCUT2D eigenvalue weighted by Gasteiger charge is -2.20. The van der Waals surface area contributed by atoms with E-state index in [9.17, 15) is 19.3 Å². The van der Waals surface area contributed by atoms with Crippen LogP contribution in [0.4, 0.5) is 56.7 Å². The normalized spacial score (nSPS) is 11.8. The van der Waals surface area contributed by atoms with Crippen LogP contribution < -0.4 is 9.80 Å². The molecular formula is C71H74F10N6S2. The van der Waals surface area contributed by atoms with E-state index in [2.05, 4.69) is 186 Å². The van der Waals surface area contributed by atoms with Gasteiger partial charge in [0.2, 0.25) is 0 Å². The Morgan fingerprint density at radius 1 is 0.438 bits per heavy atom. The van der Waals surface area contributed by atoms with Gasteiger partial charge in [0.15, 0.2) is 0 Å². The smallest absolute Gasteiger partial charge is 0.269 e. The summed E-state index contributed by atoms with van der Waals surface area (Å²) in [7, 11) is 1.00. The average Bonchev–Trinajstić information content (AvgIpc) is 3.55. The zero-order chi connectivity index (χ0) is 67.4. The Morgan fingerprint density at radius 3 is 1.04 bits per heavy atom. The predicted molar refractivity (Wildman–Crippen MR) is 357 cm³/mol. The van der Waals surface area contributed by atoms with Crippen molar-refractivity contribution in [2.75, 3.05) is 50.3 Å². The summed E-state index contributed by atoms with van der Waals surface area (Å²) in [6, 6.07) is 40.9. The number of hydrogen-bond acceptors (Lipinski definition) is 6. The van der Waals surface area contributed by atoms with E-state index in [1.165, 1.54) is 81.7 Å². The largest absolute Gasteiger partial charge is 0.372 e. The maximum atomic E-state index is 9.55. The van der Waals surface area contributed by atoms with Crippen LogP contribution in [0.2, 0.25) is 0 Å². The zero-order valence-corrected chi connectivity index (χ0v) is 53.6. The van der Waals surface area contributed by atoms with Crippen molar-refractivity contribution in [2.24, 2.45) is 0 Å². The Balaban J connectivity index is 0.00000152. The highest BCUT2D eigenvalue weighted by Crippen LogP contribution is 2.37. The molecule has 0 saturated heterocycles. The summed E-state index contributed by atoms with van der Waals surface area (Å²) in [6.07, 6.45) is 22.0. The summed E-state index contributed by atoms with van der Waals surface area (Å²) >= 11 is 3.55. The van der Waals surface area contributed by atoms with E-state index in [1.807, 2.05) is 96.3 Å². The Labute approximate surface area is 527 Å². The molecule has 0 spiro atoms. The van der Waals surface area contributed by atoms with Crippen molar-refractivity contribution >= 4 is 81.7 Å². The van der Waals surface area contributed by atoms with Gasteiger partial charge in [-0.05, 0) is 202 Å². The predicted octanol–water partition coefficient (Wildman–Crippen LogP) is 23.6. The monoisotopic (exact) mass is 1260 g/mol. The number of alkyl halides is 2. The number of thiophene rings is 2. The minimum Gasteiger partial charge on any atom is -0.372 e. The van der Waals surface area contributed by atoms with Gasteiger partial charge in [0, 0.05) is 93.7 Å². The van der Waals surface area contributed by atoms with E-state index in [4.69, 9.17) is 49.7 Å². The van der Waals surface area contributed by atoms with Gasteiger partial charge in [0.05, 0.1) is 39.6 Å². The van der Waals surface area contributed by atoms with Gasteiger partial charge < -0.3 is 9.80 Å². The number of rotatable bonds is 18. The number of nitrogens with zero attached hydrogens (tertiary/aromatic N) is 6. The summed E-state index contributed by atoms with van der Waals surface area (Å²) in [5.41, 5.74) is 18.3. The molecule has 89 heavy (non-hydrogen) atoms. The Morgan fingerprint density at radius 2 is 0.730 bits per heavy atom. The summed E-state index contributed by atoms with van der Waals surface area (Å²) in [5.74, 6) is 0. The Bertz CT molecular complexity index is 3510. The first-order valence-electron chi connectivity index (χ1n) is 27.5. The number of allylic oxidation sites excluding steroid dienone is 12. The van der Waals surface area contributed by atoms with Gasteiger partial charge in [-0.25, -0.2) is 20.2 Å². The molecule has 1 aliphatic rings. The first-order valence-corrected chi connectivity index (χ1v) is 29.1. The molecule has 0 unspecified atom stereocenters. The van der Waals surface area contributed by atoms with Crippen LogP contribution in [0.25, 0.3) is 57.3 Å². The van der Waals surface area contributed by atoms with Gasteiger partial charge in [0.25, 0.3) is 11.4 Å². The molecule has 0 N–H and O–H groups in total. The molecule has 0 saturated carbocycles.